The zero-order valence-corrected chi connectivity index (χ0v) is 11.1. The Labute approximate surface area is 110 Å². The van der Waals surface area contributed by atoms with Crippen molar-refractivity contribution in [2.45, 2.75) is 25.4 Å². The predicted molar refractivity (Wildman–Crippen MR) is 68.6 cm³/mol. The Morgan fingerprint density at radius 2 is 2.22 bits per heavy atom. The fourth-order valence-corrected chi connectivity index (χ4v) is 2.26. The van der Waals surface area contributed by atoms with Gasteiger partial charge in [0.1, 0.15) is 0 Å². The standard InChI is InChI=1S/C11H11BrN4O2/c12-9-5-15(11(18)14-10(9)17)4-8-3-13-6-16(8)7-1-2-7/h3,5-7H,1-2,4H2,(H,14,17,18). The maximum atomic E-state index is 11.7. The summed E-state index contributed by atoms with van der Waals surface area (Å²) < 4.78 is 3.90. The van der Waals surface area contributed by atoms with Crippen LogP contribution in [0.2, 0.25) is 0 Å². The lowest BCUT2D eigenvalue weighted by molar-refractivity contribution is 0.632. The van der Waals surface area contributed by atoms with Crippen molar-refractivity contribution in [3.63, 3.8) is 0 Å². The molecule has 6 nitrogen and oxygen atoms in total. The van der Waals surface area contributed by atoms with Crippen molar-refractivity contribution in [2.24, 2.45) is 0 Å². The third kappa shape index (κ3) is 2.05. The first-order chi connectivity index (χ1) is 8.65. The Morgan fingerprint density at radius 1 is 1.44 bits per heavy atom. The molecule has 0 unspecified atom stereocenters. The lowest BCUT2D eigenvalue weighted by Crippen LogP contribution is -2.30. The Bertz CT molecular complexity index is 696. The van der Waals surface area contributed by atoms with Gasteiger partial charge in [0.25, 0.3) is 5.56 Å². The zero-order valence-electron chi connectivity index (χ0n) is 9.47. The van der Waals surface area contributed by atoms with Crippen LogP contribution in [0.25, 0.3) is 0 Å². The molecule has 7 heteroatoms. The molecule has 1 N–H and O–H groups in total. The SMILES string of the molecule is O=c1[nH]c(=O)n(Cc2cncn2C2CC2)cc1Br. The van der Waals surface area contributed by atoms with Crippen molar-refractivity contribution in [1.29, 1.82) is 0 Å². The molecule has 2 aromatic rings. The smallest absolute Gasteiger partial charge is 0.328 e. The van der Waals surface area contributed by atoms with E-state index in [0.717, 1.165) is 18.5 Å². The van der Waals surface area contributed by atoms with Crippen LogP contribution in [0.3, 0.4) is 0 Å². The number of imidazole rings is 1. The number of aromatic amines is 1. The van der Waals surface area contributed by atoms with E-state index < -0.39 is 11.2 Å². The van der Waals surface area contributed by atoms with Crippen LogP contribution in [-0.2, 0) is 6.54 Å². The van der Waals surface area contributed by atoms with Crippen LogP contribution in [0, 0.1) is 0 Å². The van der Waals surface area contributed by atoms with Gasteiger partial charge in [-0.25, -0.2) is 9.78 Å². The van der Waals surface area contributed by atoms with Crippen molar-refractivity contribution >= 4 is 15.9 Å². The summed E-state index contributed by atoms with van der Waals surface area (Å²) in [5.41, 5.74) is 0.150. The number of hydrogen-bond donors (Lipinski definition) is 1. The summed E-state index contributed by atoms with van der Waals surface area (Å²) in [5.74, 6) is 0. The molecule has 0 aliphatic heterocycles. The van der Waals surface area contributed by atoms with E-state index in [1.807, 2.05) is 0 Å². The van der Waals surface area contributed by atoms with E-state index in [1.54, 1.807) is 12.5 Å². The highest BCUT2D eigenvalue weighted by Crippen LogP contribution is 2.35. The van der Waals surface area contributed by atoms with E-state index in [-0.39, 0.29) is 0 Å². The molecule has 1 fully saturated rings. The van der Waals surface area contributed by atoms with Gasteiger partial charge < -0.3 is 4.57 Å². The maximum absolute atomic E-state index is 11.7. The van der Waals surface area contributed by atoms with Crippen molar-refractivity contribution in [3.8, 4) is 0 Å². The van der Waals surface area contributed by atoms with Crippen molar-refractivity contribution in [2.75, 3.05) is 0 Å². The molecule has 0 amide bonds. The van der Waals surface area contributed by atoms with Crippen LogP contribution in [-0.4, -0.2) is 19.1 Å². The molecule has 1 aliphatic carbocycles. The Balaban J connectivity index is 1.97. The first kappa shape index (κ1) is 11.5. The molecule has 94 valence electrons. The van der Waals surface area contributed by atoms with E-state index in [9.17, 15) is 9.59 Å². The highest BCUT2D eigenvalue weighted by molar-refractivity contribution is 9.10. The summed E-state index contributed by atoms with van der Waals surface area (Å²) in [6.07, 6.45) is 7.37. The second-order valence-corrected chi connectivity index (χ2v) is 5.24. The number of rotatable bonds is 3. The fourth-order valence-electron chi connectivity index (χ4n) is 1.91. The number of nitrogens with one attached hydrogen (secondary N) is 1. The molecular weight excluding hydrogens is 300 g/mol. The van der Waals surface area contributed by atoms with Gasteiger partial charge >= 0.3 is 5.69 Å². The Morgan fingerprint density at radius 3 is 2.94 bits per heavy atom. The molecule has 0 saturated heterocycles. The second-order valence-electron chi connectivity index (χ2n) is 4.39. The Hall–Kier alpha value is -1.63. The van der Waals surface area contributed by atoms with Crippen LogP contribution >= 0.6 is 15.9 Å². The average molecular weight is 311 g/mol. The topological polar surface area (TPSA) is 72.7 Å². The minimum absolute atomic E-state index is 0.347. The summed E-state index contributed by atoms with van der Waals surface area (Å²) in [7, 11) is 0. The van der Waals surface area contributed by atoms with Crippen LogP contribution in [0.15, 0.2) is 32.8 Å². The third-order valence-electron chi connectivity index (χ3n) is 2.99. The highest BCUT2D eigenvalue weighted by atomic mass is 79.9. The first-order valence-electron chi connectivity index (χ1n) is 5.65. The number of hydrogen-bond acceptors (Lipinski definition) is 3. The van der Waals surface area contributed by atoms with Gasteiger partial charge in [0.15, 0.2) is 0 Å². The van der Waals surface area contributed by atoms with Gasteiger partial charge in [-0.15, -0.1) is 0 Å². The summed E-state index contributed by atoms with van der Waals surface area (Å²) in [6, 6.07) is 0.518. The summed E-state index contributed by atoms with van der Waals surface area (Å²) >= 11 is 3.12. The van der Waals surface area contributed by atoms with Crippen LogP contribution < -0.4 is 11.2 Å². The van der Waals surface area contributed by atoms with E-state index in [1.165, 1.54) is 10.8 Å². The maximum Gasteiger partial charge on any atom is 0.328 e. The number of halogens is 1. The predicted octanol–water partition coefficient (Wildman–Crippen LogP) is 0.879. The van der Waals surface area contributed by atoms with Crippen molar-refractivity contribution in [3.05, 3.63) is 49.7 Å². The monoisotopic (exact) mass is 310 g/mol. The third-order valence-corrected chi connectivity index (χ3v) is 3.55. The van der Waals surface area contributed by atoms with Crippen LogP contribution in [0.1, 0.15) is 24.6 Å². The molecule has 0 atom stereocenters. The molecule has 3 rings (SSSR count). The molecule has 0 radical (unpaired) electrons. The normalized spacial score (nSPS) is 14.9. The molecule has 0 spiro atoms. The molecule has 2 aromatic heterocycles. The quantitative estimate of drug-likeness (QED) is 0.914. The molecule has 18 heavy (non-hydrogen) atoms. The van der Waals surface area contributed by atoms with Gasteiger partial charge in [-0.05, 0) is 28.8 Å². The van der Waals surface area contributed by atoms with Gasteiger partial charge in [0.2, 0.25) is 0 Å². The van der Waals surface area contributed by atoms with Gasteiger partial charge in [0, 0.05) is 18.4 Å². The number of H-pyrrole nitrogens is 1. The minimum Gasteiger partial charge on any atom is -0.330 e. The number of nitrogens with zero attached hydrogens (tertiary/aromatic N) is 3. The van der Waals surface area contributed by atoms with Gasteiger partial charge in [-0.3, -0.25) is 14.3 Å². The fraction of sp³-hybridized carbons (Fsp3) is 0.364. The van der Waals surface area contributed by atoms with Gasteiger partial charge in [-0.2, -0.15) is 0 Å². The second kappa shape index (κ2) is 4.24. The lowest BCUT2D eigenvalue weighted by Gasteiger charge is -2.08. The first-order valence-corrected chi connectivity index (χ1v) is 6.44. The molecule has 0 aromatic carbocycles. The molecule has 2 heterocycles. The van der Waals surface area contributed by atoms with E-state index in [2.05, 4.69) is 30.5 Å². The van der Waals surface area contributed by atoms with E-state index >= 15 is 0 Å². The Kier molecular flexibility index (Phi) is 2.70. The summed E-state index contributed by atoms with van der Waals surface area (Å²) in [5, 5.41) is 0. The highest BCUT2D eigenvalue weighted by Gasteiger charge is 2.25. The molecule has 0 bridgehead atoms. The summed E-state index contributed by atoms with van der Waals surface area (Å²) in [4.78, 5) is 29.3. The molecule has 1 saturated carbocycles. The van der Waals surface area contributed by atoms with E-state index in [0.29, 0.717) is 17.1 Å². The van der Waals surface area contributed by atoms with Gasteiger partial charge in [-0.1, -0.05) is 0 Å². The van der Waals surface area contributed by atoms with Crippen LogP contribution in [0.5, 0.6) is 0 Å². The van der Waals surface area contributed by atoms with Crippen molar-refractivity contribution < 1.29 is 0 Å². The van der Waals surface area contributed by atoms with Crippen molar-refractivity contribution in [1.82, 2.24) is 19.1 Å². The molecular formula is C11H11BrN4O2. The average Bonchev–Trinajstić information content (AvgIpc) is 3.07. The number of aromatic nitrogens is 4. The van der Waals surface area contributed by atoms with Crippen LogP contribution in [0.4, 0.5) is 0 Å². The largest absolute Gasteiger partial charge is 0.330 e. The van der Waals surface area contributed by atoms with E-state index in [4.69, 9.17) is 0 Å². The molecule has 1 aliphatic rings. The minimum atomic E-state index is -0.410. The van der Waals surface area contributed by atoms with Gasteiger partial charge in [0.05, 0.1) is 23.0 Å². The lowest BCUT2D eigenvalue weighted by atomic mass is 10.4. The zero-order chi connectivity index (χ0) is 12.7. The summed E-state index contributed by atoms with van der Waals surface area (Å²) in [6.45, 7) is 0.407.